The van der Waals surface area contributed by atoms with Crippen LogP contribution in [0.4, 0.5) is 0 Å². The van der Waals surface area contributed by atoms with E-state index >= 15 is 0 Å². The number of rotatable bonds is 3. The van der Waals surface area contributed by atoms with Gasteiger partial charge in [0, 0.05) is 0 Å². The van der Waals surface area contributed by atoms with Gasteiger partial charge in [0.2, 0.25) is 0 Å². The number of hydrogen-bond acceptors (Lipinski definition) is 3. The van der Waals surface area contributed by atoms with Crippen molar-refractivity contribution in [1.82, 2.24) is 5.32 Å². The minimum Gasteiger partial charge on any atom is -0.394 e. The molecule has 0 radical (unpaired) electrons. The van der Waals surface area contributed by atoms with Crippen LogP contribution in [-0.2, 0) is 0 Å². The summed E-state index contributed by atoms with van der Waals surface area (Å²) < 4.78 is 0. The lowest BCUT2D eigenvalue weighted by molar-refractivity contribution is 0.251. The van der Waals surface area contributed by atoms with E-state index in [4.69, 9.17) is 10.4 Å². The van der Waals surface area contributed by atoms with Gasteiger partial charge in [-0.1, -0.05) is 6.07 Å². The molecule has 0 bridgehead atoms. The number of nitrogens with zero attached hydrogens (tertiary/aromatic N) is 1. The average molecular weight is 190 g/mol. The number of aliphatic hydroxyl groups is 1. The fraction of sp³-hybridized carbons (Fsp3) is 0.364. The van der Waals surface area contributed by atoms with Crippen molar-refractivity contribution >= 4 is 0 Å². The van der Waals surface area contributed by atoms with Crippen LogP contribution in [0.5, 0.6) is 0 Å². The lowest BCUT2D eigenvalue weighted by Gasteiger charge is -2.14. The molecule has 0 aliphatic carbocycles. The highest BCUT2D eigenvalue weighted by molar-refractivity contribution is 5.38. The molecule has 0 aliphatic heterocycles. The molecule has 1 atom stereocenters. The Morgan fingerprint density at radius 1 is 1.50 bits per heavy atom. The van der Waals surface area contributed by atoms with Gasteiger partial charge in [0.15, 0.2) is 0 Å². The first-order valence-electron chi connectivity index (χ1n) is 4.51. The lowest BCUT2D eigenvalue weighted by atomic mass is 10.0. The maximum Gasteiger partial charge on any atom is 0.0991 e. The minimum absolute atomic E-state index is 0.0326. The van der Waals surface area contributed by atoms with Gasteiger partial charge >= 0.3 is 0 Å². The summed E-state index contributed by atoms with van der Waals surface area (Å²) in [6, 6.07) is 7.60. The van der Waals surface area contributed by atoms with Crippen LogP contribution in [0.1, 0.15) is 22.7 Å². The van der Waals surface area contributed by atoms with Crippen molar-refractivity contribution in [3.63, 3.8) is 0 Å². The number of likely N-dealkylation sites (N-methyl/N-ethyl adjacent to an activating group) is 1. The zero-order valence-electron chi connectivity index (χ0n) is 8.41. The molecule has 2 N–H and O–H groups in total. The maximum absolute atomic E-state index is 9.09. The number of aliphatic hydroxyl groups excluding tert-OH is 1. The van der Waals surface area contributed by atoms with E-state index in [1.54, 1.807) is 13.1 Å². The molecule has 14 heavy (non-hydrogen) atoms. The van der Waals surface area contributed by atoms with Crippen LogP contribution in [0, 0.1) is 18.3 Å². The Morgan fingerprint density at radius 3 is 2.71 bits per heavy atom. The van der Waals surface area contributed by atoms with Crippen LogP contribution in [0.25, 0.3) is 0 Å². The third-order valence-corrected chi connectivity index (χ3v) is 2.16. The second-order valence-electron chi connectivity index (χ2n) is 3.27. The van der Waals surface area contributed by atoms with Crippen LogP contribution in [0.15, 0.2) is 18.2 Å². The fourth-order valence-electron chi connectivity index (χ4n) is 1.44. The van der Waals surface area contributed by atoms with Gasteiger partial charge in [0.1, 0.15) is 0 Å². The predicted molar refractivity (Wildman–Crippen MR) is 54.8 cm³/mol. The Bertz CT molecular complexity index is 351. The third kappa shape index (κ3) is 2.32. The van der Waals surface area contributed by atoms with Crippen LogP contribution in [-0.4, -0.2) is 18.8 Å². The van der Waals surface area contributed by atoms with Crippen LogP contribution >= 0.6 is 0 Å². The highest BCUT2D eigenvalue weighted by atomic mass is 16.3. The molecule has 0 aliphatic rings. The van der Waals surface area contributed by atoms with E-state index in [1.807, 2.05) is 19.1 Å². The number of nitriles is 1. The van der Waals surface area contributed by atoms with E-state index in [1.165, 1.54) is 0 Å². The first kappa shape index (κ1) is 10.7. The summed E-state index contributed by atoms with van der Waals surface area (Å²) in [6.45, 7) is 1.97. The minimum atomic E-state index is -0.0954. The zero-order chi connectivity index (χ0) is 10.6. The lowest BCUT2D eigenvalue weighted by Crippen LogP contribution is -2.20. The monoisotopic (exact) mass is 190 g/mol. The smallest absolute Gasteiger partial charge is 0.0991 e. The zero-order valence-corrected chi connectivity index (χ0v) is 8.41. The van der Waals surface area contributed by atoms with Crippen LogP contribution in [0.3, 0.4) is 0 Å². The molecule has 74 valence electrons. The van der Waals surface area contributed by atoms with Crippen LogP contribution < -0.4 is 5.32 Å². The molecule has 0 heterocycles. The van der Waals surface area contributed by atoms with E-state index in [0.717, 1.165) is 11.1 Å². The fourth-order valence-corrected chi connectivity index (χ4v) is 1.44. The van der Waals surface area contributed by atoms with Crippen molar-refractivity contribution in [3.05, 3.63) is 34.9 Å². The molecular weight excluding hydrogens is 176 g/mol. The van der Waals surface area contributed by atoms with Crippen molar-refractivity contribution in [3.8, 4) is 6.07 Å². The first-order valence-corrected chi connectivity index (χ1v) is 4.51. The average Bonchev–Trinajstić information content (AvgIpc) is 2.19. The van der Waals surface area contributed by atoms with Gasteiger partial charge in [-0.2, -0.15) is 5.26 Å². The van der Waals surface area contributed by atoms with E-state index in [-0.39, 0.29) is 12.6 Å². The van der Waals surface area contributed by atoms with Crippen molar-refractivity contribution in [2.75, 3.05) is 13.7 Å². The molecule has 0 saturated carbocycles. The first-order chi connectivity index (χ1) is 6.71. The molecule has 0 fully saturated rings. The third-order valence-electron chi connectivity index (χ3n) is 2.16. The van der Waals surface area contributed by atoms with Gasteiger partial charge in [-0.25, -0.2) is 0 Å². The van der Waals surface area contributed by atoms with Gasteiger partial charge < -0.3 is 10.4 Å². The molecule has 0 aromatic heterocycles. The Hall–Kier alpha value is -1.37. The summed E-state index contributed by atoms with van der Waals surface area (Å²) in [7, 11) is 1.79. The number of benzene rings is 1. The summed E-state index contributed by atoms with van der Waals surface area (Å²) in [4.78, 5) is 0. The molecule has 0 unspecified atom stereocenters. The van der Waals surface area contributed by atoms with Gasteiger partial charge in [-0.05, 0) is 37.2 Å². The SMILES string of the molecule is CN[C@@H](CO)c1cc(C)cc(C#N)c1. The normalized spacial score (nSPS) is 12.1. The summed E-state index contributed by atoms with van der Waals surface area (Å²) >= 11 is 0. The van der Waals surface area contributed by atoms with Crippen LogP contribution in [0.2, 0.25) is 0 Å². The van der Waals surface area contributed by atoms with Crippen molar-refractivity contribution < 1.29 is 5.11 Å². The molecule has 0 amide bonds. The second kappa shape index (κ2) is 4.75. The molecule has 0 saturated heterocycles. The highest BCUT2D eigenvalue weighted by Gasteiger charge is 2.08. The molecule has 1 aromatic carbocycles. The van der Waals surface area contributed by atoms with E-state index in [2.05, 4.69) is 11.4 Å². The summed E-state index contributed by atoms with van der Waals surface area (Å²) in [5.74, 6) is 0. The summed E-state index contributed by atoms with van der Waals surface area (Å²) in [6.07, 6.45) is 0. The number of hydrogen-bond donors (Lipinski definition) is 2. The summed E-state index contributed by atoms with van der Waals surface area (Å²) in [5, 5.41) is 20.9. The standard InChI is InChI=1S/C11H14N2O/c1-8-3-9(6-12)5-10(4-8)11(7-14)13-2/h3-5,11,13-14H,7H2,1-2H3/t11-/m0/s1. The Morgan fingerprint density at radius 2 is 2.21 bits per heavy atom. The second-order valence-corrected chi connectivity index (χ2v) is 3.27. The Balaban J connectivity index is 3.09. The van der Waals surface area contributed by atoms with E-state index in [9.17, 15) is 0 Å². The summed E-state index contributed by atoms with van der Waals surface area (Å²) in [5.41, 5.74) is 2.62. The van der Waals surface area contributed by atoms with Crippen molar-refractivity contribution in [2.24, 2.45) is 0 Å². The number of nitrogens with one attached hydrogen (secondary N) is 1. The number of aryl methyl sites for hydroxylation is 1. The highest BCUT2D eigenvalue weighted by Crippen LogP contribution is 2.16. The van der Waals surface area contributed by atoms with Gasteiger partial charge in [-0.15, -0.1) is 0 Å². The van der Waals surface area contributed by atoms with Gasteiger partial charge in [0.25, 0.3) is 0 Å². The topological polar surface area (TPSA) is 56.0 Å². The predicted octanol–water partition coefficient (Wildman–Crippen LogP) is 1.12. The van der Waals surface area contributed by atoms with E-state index < -0.39 is 0 Å². The molecule has 3 nitrogen and oxygen atoms in total. The maximum atomic E-state index is 9.09. The molecular formula is C11H14N2O. The quantitative estimate of drug-likeness (QED) is 0.751. The van der Waals surface area contributed by atoms with Crippen molar-refractivity contribution in [1.29, 1.82) is 5.26 Å². The molecule has 3 heteroatoms. The molecule has 0 spiro atoms. The van der Waals surface area contributed by atoms with Crippen molar-refractivity contribution in [2.45, 2.75) is 13.0 Å². The Labute approximate surface area is 84.0 Å². The molecule has 1 rings (SSSR count). The molecule has 1 aromatic rings. The van der Waals surface area contributed by atoms with Gasteiger partial charge in [0.05, 0.1) is 24.3 Å². The van der Waals surface area contributed by atoms with Gasteiger partial charge in [-0.3, -0.25) is 0 Å². The Kier molecular flexibility index (Phi) is 3.63. The largest absolute Gasteiger partial charge is 0.394 e. The van der Waals surface area contributed by atoms with E-state index in [0.29, 0.717) is 5.56 Å².